The predicted molar refractivity (Wildman–Crippen MR) is 106 cm³/mol. The van der Waals surface area contributed by atoms with Gasteiger partial charge in [0, 0.05) is 29.9 Å². The van der Waals surface area contributed by atoms with Crippen molar-refractivity contribution in [2.45, 2.75) is 12.4 Å². The number of carbonyl (C=O) groups is 1. The first kappa shape index (κ1) is 18.9. The zero-order valence-electron chi connectivity index (χ0n) is 14.6. The standard InChI is InChI=1S/C21H19FN2O2S/c22-18-4-2-6-20(12-18)26-13-17-3-1-5-19(11-17)24-21(25)15-27-14-16-7-9-23-10-8-16/h1-12H,13-15H2,(H,24,25). The molecule has 0 fully saturated rings. The summed E-state index contributed by atoms with van der Waals surface area (Å²) in [6, 6.07) is 17.3. The van der Waals surface area contributed by atoms with Crippen molar-refractivity contribution in [2.24, 2.45) is 0 Å². The summed E-state index contributed by atoms with van der Waals surface area (Å²) in [6.07, 6.45) is 3.49. The number of nitrogens with zero attached hydrogens (tertiary/aromatic N) is 1. The quantitative estimate of drug-likeness (QED) is 0.615. The van der Waals surface area contributed by atoms with Gasteiger partial charge in [-0.15, -0.1) is 11.8 Å². The number of thioether (sulfide) groups is 1. The minimum atomic E-state index is -0.335. The number of carbonyl (C=O) groups excluding carboxylic acids is 1. The molecule has 1 aromatic heterocycles. The van der Waals surface area contributed by atoms with Crippen LogP contribution in [0.1, 0.15) is 11.1 Å². The number of rotatable bonds is 8. The summed E-state index contributed by atoms with van der Waals surface area (Å²) in [4.78, 5) is 16.1. The fourth-order valence-electron chi connectivity index (χ4n) is 2.40. The summed E-state index contributed by atoms with van der Waals surface area (Å²) in [5.74, 6) is 1.20. The Labute approximate surface area is 161 Å². The van der Waals surface area contributed by atoms with E-state index in [-0.39, 0.29) is 11.7 Å². The van der Waals surface area contributed by atoms with Crippen molar-refractivity contribution in [3.63, 3.8) is 0 Å². The van der Waals surface area contributed by atoms with E-state index in [4.69, 9.17) is 4.74 Å². The molecular weight excluding hydrogens is 363 g/mol. The Kier molecular flexibility index (Phi) is 6.82. The van der Waals surface area contributed by atoms with Gasteiger partial charge in [0.2, 0.25) is 5.91 Å². The van der Waals surface area contributed by atoms with E-state index in [0.717, 1.165) is 16.9 Å². The molecule has 1 N–H and O–H groups in total. The van der Waals surface area contributed by atoms with Gasteiger partial charge in [-0.2, -0.15) is 0 Å². The molecule has 1 heterocycles. The Hall–Kier alpha value is -2.86. The molecular formula is C21H19FN2O2S. The van der Waals surface area contributed by atoms with Crippen molar-refractivity contribution in [1.82, 2.24) is 4.98 Å². The smallest absolute Gasteiger partial charge is 0.234 e. The second-order valence-electron chi connectivity index (χ2n) is 5.84. The molecule has 27 heavy (non-hydrogen) atoms. The molecule has 0 atom stereocenters. The SMILES string of the molecule is O=C(CSCc1ccncc1)Nc1cccc(COc2cccc(F)c2)c1. The van der Waals surface area contributed by atoms with E-state index in [9.17, 15) is 9.18 Å². The summed E-state index contributed by atoms with van der Waals surface area (Å²) in [7, 11) is 0. The van der Waals surface area contributed by atoms with Gasteiger partial charge in [-0.25, -0.2) is 4.39 Å². The molecule has 0 saturated carbocycles. The summed E-state index contributed by atoms with van der Waals surface area (Å²) in [5, 5.41) is 2.89. The molecule has 0 bridgehead atoms. The number of aromatic nitrogens is 1. The van der Waals surface area contributed by atoms with Gasteiger partial charge in [-0.1, -0.05) is 18.2 Å². The first-order valence-corrected chi connectivity index (χ1v) is 9.58. The van der Waals surface area contributed by atoms with E-state index < -0.39 is 0 Å². The zero-order chi connectivity index (χ0) is 18.9. The topological polar surface area (TPSA) is 51.2 Å². The lowest BCUT2D eigenvalue weighted by atomic mass is 10.2. The summed E-state index contributed by atoms with van der Waals surface area (Å²) < 4.78 is 18.8. The molecule has 3 rings (SSSR count). The lowest BCUT2D eigenvalue weighted by Crippen LogP contribution is -2.14. The number of hydrogen-bond donors (Lipinski definition) is 1. The fraction of sp³-hybridized carbons (Fsp3) is 0.143. The average Bonchev–Trinajstić information content (AvgIpc) is 2.68. The molecule has 1 amide bonds. The molecule has 138 valence electrons. The Balaban J connectivity index is 1.47. The highest BCUT2D eigenvalue weighted by Crippen LogP contribution is 2.17. The number of nitrogens with one attached hydrogen (secondary N) is 1. The molecule has 0 saturated heterocycles. The number of halogens is 1. The third kappa shape index (κ3) is 6.42. The first-order valence-electron chi connectivity index (χ1n) is 8.43. The van der Waals surface area contributed by atoms with Gasteiger partial charge in [0.25, 0.3) is 0 Å². The van der Waals surface area contributed by atoms with E-state index in [0.29, 0.717) is 23.8 Å². The van der Waals surface area contributed by atoms with Crippen molar-refractivity contribution in [3.05, 3.63) is 90.0 Å². The highest BCUT2D eigenvalue weighted by Gasteiger charge is 2.05. The second-order valence-corrected chi connectivity index (χ2v) is 6.83. The van der Waals surface area contributed by atoms with Crippen LogP contribution in [0.4, 0.5) is 10.1 Å². The first-order chi connectivity index (χ1) is 13.2. The van der Waals surface area contributed by atoms with Gasteiger partial charge in [0.1, 0.15) is 18.2 Å². The highest BCUT2D eigenvalue weighted by molar-refractivity contribution is 7.99. The average molecular weight is 382 g/mol. The van der Waals surface area contributed by atoms with Crippen molar-refractivity contribution in [2.75, 3.05) is 11.1 Å². The number of benzene rings is 2. The maximum Gasteiger partial charge on any atom is 0.234 e. The minimum absolute atomic E-state index is 0.0581. The molecule has 0 unspecified atom stereocenters. The van der Waals surface area contributed by atoms with Crippen LogP contribution >= 0.6 is 11.8 Å². The molecule has 0 aliphatic rings. The monoisotopic (exact) mass is 382 g/mol. The van der Waals surface area contributed by atoms with E-state index >= 15 is 0 Å². The van der Waals surface area contributed by atoms with E-state index in [1.807, 2.05) is 36.4 Å². The van der Waals surface area contributed by atoms with Crippen molar-refractivity contribution in [1.29, 1.82) is 0 Å². The molecule has 0 aliphatic carbocycles. The number of amides is 1. The molecule has 0 aliphatic heterocycles. The summed E-state index contributed by atoms with van der Waals surface area (Å²) >= 11 is 1.55. The maximum absolute atomic E-state index is 13.2. The third-order valence-electron chi connectivity index (χ3n) is 3.66. The molecule has 2 aromatic carbocycles. The van der Waals surface area contributed by atoms with E-state index in [1.165, 1.54) is 12.1 Å². The molecule has 0 spiro atoms. The van der Waals surface area contributed by atoms with Crippen molar-refractivity contribution >= 4 is 23.4 Å². The molecule has 6 heteroatoms. The Morgan fingerprint density at radius 2 is 1.85 bits per heavy atom. The number of hydrogen-bond acceptors (Lipinski definition) is 4. The number of pyridine rings is 1. The van der Waals surface area contributed by atoms with Crippen molar-refractivity contribution < 1.29 is 13.9 Å². The lowest BCUT2D eigenvalue weighted by Gasteiger charge is -2.09. The summed E-state index contributed by atoms with van der Waals surface area (Å²) in [5.41, 5.74) is 2.74. The van der Waals surface area contributed by atoms with Gasteiger partial charge in [-0.05, 0) is 47.5 Å². The predicted octanol–water partition coefficient (Wildman–Crippen LogP) is 4.67. The van der Waals surface area contributed by atoms with Crippen LogP contribution in [0, 0.1) is 5.82 Å². The van der Waals surface area contributed by atoms with E-state index in [2.05, 4.69) is 10.3 Å². The van der Waals surface area contributed by atoms with Gasteiger partial charge < -0.3 is 10.1 Å². The molecule has 4 nitrogen and oxygen atoms in total. The van der Waals surface area contributed by atoms with Crippen LogP contribution in [0.15, 0.2) is 73.1 Å². The number of ether oxygens (including phenoxy) is 1. The fourth-order valence-corrected chi connectivity index (χ4v) is 3.19. The number of anilines is 1. The molecule has 3 aromatic rings. The normalized spacial score (nSPS) is 10.4. The van der Waals surface area contributed by atoms with Crippen molar-refractivity contribution in [3.8, 4) is 5.75 Å². The van der Waals surface area contributed by atoms with Crippen LogP contribution in [0.3, 0.4) is 0 Å². The van der Waals surface area contributed by atoms with E-state index in [1.54, 1.807) is 36.3 Å². The van der Waals surface area contributed by atoms with Crippen LogP contribution in [0.25, 0.3) is 0 Å². The van der Waals surface area contributed by atoms with Crippen LogP contribution < -0.4 is 10.1 Å². The summed E-state index contributed by atoms with van der Waals surface area (Å²) in [6.45, 7) is 0.296. The lowest BCUT2D eigenvalue weighted by molar-refractivity contribution is -0.113. The van der Waals surface area contributed by atoms with Crippen LogP contribution in [0.2, 0.25) is 0 Å². The van der Waals surface area contributed by atoms with Gasteiger partial charge >= 0.3 is 0 Å². The minimum Gasteiger partial charge on any atom is -0.489 e. The third-order valence-corrected chi connectivity index (χ3v) is 4.67. The molecule has 0 radical (unpaired) electrons. The van der Waals surface area contributed by atoms with Gasteiger partial charge in [-0.3, -0.25) is 9.78 Å². The van der Waals surface area contributed by atoms with Crippen LogP contribution in [-0.4, -0.2) is 16.6 Å². The van der Waals surface area contributed by atoms with Gasteiger partial charge in [0.15, 0.2) is 0 Å². The van der Waals surface area contributed by atoms with Crippen LogP contribution in [-0.2, 0) is 17.2 Å². The van der Waals surface area contributed by atoms with Crippen LogP contribution in [0.5, 0.6) is 5.75 Å². The maximum atomic E-state index is 13.2. The van der Waals surface area contributed by atoms with Gasteiger partial charge in [0.05, 0.1) is 5.75 Å². The second kappa shape index (κ2) is 9.73. The highest BCUT2D eigenvalue weighted by atomic mass is 32.2. The Bertz CT molecular complexity index is 890. The Morgan fingerprint density at radius 3 is 2.67 bits per heavy atom. The largest absolute Gasteiger partial charge is 0.489 e. The zero-order valence-corrected chi connectivity index (χ0v) is 15.4. The Morgan fingerprint density at radius 1 is 1.04 bits per heavy atom.